The minimum Gasteiger partial charge on any atom is -0.390 e. The highest BCUT2D eigenvalue weighted by Gasteiger charge is 2.46. The van der Waals surface area contributed by atoms with Gasteiger partial charge in [-0.25, -0.2) is 4.98 Å². The molecule has 7 heteroatoms. The van der Waals surface area contributed by atoms with Crippen LogP contribution in [0.15, 0.2) is 12.7 Å². The van der Waals surface area contributed by atoms with Gasteiger partial charge in [0.1, 0.15) is 18.3 Å². The summed E-state index contributed by atoms with van der Waals surface area (Å²) < 4.78 is 7.50. The Morgan fingerprint density at radius 1 is 1.52 bits per heavy atom. The summed E-state index contributed by atoms with van der Waals surface area (Å²) >= 11 is 0. The number of aliphatic hydroxyl groups excluding tert-OH is 1. The van der Waals surface area contributed by atoms with E-state index in [4.69, 9.17) is 4.74 Å². The molecule has 0 unspecified atom stereocenters. The van der Waals surface area contributed by atoms with Gasteiger partial charge in [-0.2, -0.15) is 5.10 Å². The molecule has 21 heavy (non-hydrogen) atoms. The number of aryl methyl sites for hydroxylation is 1. The van der Waals surface area contributed by atoms with E-state index in [0.29, 0.717) is 39.1 Å². The van der Waals surface area contributed by atoms with E-state index in [0.717, 1.165) is 19.3 Å². The van der Waals surface area contributed by atoms with Crippen molar-refractivity contribution in [2.24, 2.45) is 0 Å². The highest BCUT2D eigenvalue weighted by Crippen LogP contribution is 2.35. The van der Waals surface area contributed by atoms with Gasteiger partial charge in [0.05, 0.1) is 12.6 Å². The smallest absolute Gasteiger partial charge is 0.222 e. The third kappa shape index (κ3) is 3.08. The number of likely N-dealkylation sites (tertiary alicyclic amines) is 1. The molecule has 1 aromatic heterocycles. The Hall–Kier alpha value is -1.47. The molecule has 2 fully saturated rings. The van der Waals surface area contributed by atoms with Crippen molar-refractivity contribution in [2.45, 2.75) is 50.4 Å². The molecule has 0 radical (unpaired) electrons. The van der Waals surface area contributed by atoms with Crippen LogP contribution in [0.3, 0.4) is 0 Å². The van der Waals surface area contributed by atoms with Gasteiger partial charge in [0.15, 0.2) is 0 Å². The second kappa shape index (κ2) is 6.11. The van der Waals surface area contributed by atoms with Crippen LogP contribution in [-0.2, 0) is 16.1 Å². The molecule has 116 valence electrons. The topological polar surface area (TPSA) is 80.5 Å². The second-order valence-electron chi connectivity index (χ2n) is 5.90. The molecule has 0 aromatic carbocycles. The fraction of sp³-hybridized carbons (Fsp3) is 0.786. The summed E-state index contributed by atoms with van der Waals surface area (Å²) in [5.41, 5.74) is -0.514. The fourth-order valence-corrected chi connectivity index (χ4v) is 3.27. The van der Waals surface area contributed by atoms with Crippen LogP contribution in [0.1, 0.15) is 32.1 Å². The Kier molecular flexibility index (Phi) is 4.21. The van der Waals surface area contributed by atoms with Crippen LogP contribution in [0.5, 0.6) is 0 Å². The van der Waals surface area contributed by atoms with Crippen molar-refractivity contribution < 1.29 is 14.6 Å². The van der Waals surface area contributed by atoms with Crippen LogP contribution >= 0.6 is 0 Å². The van der Waals surface area contributed by atoms with E-state index in [1.807, 2.05) is 4.90 Å². The molecular weight excluding hydrogens is 272 g/mol. The average Bonchev–Trinajstić information content (AvgIpc) is 3.14. The standard InChI is InChI=1S/C14H22N4O3/c19-12-4-7-17(9-14(12)5-2-8-21-14)13(20)3-1-6-18-11-15-10-16-18/h10-12,19H,1-9H2/t12-,14-/m0/s1. The molecule has 0 bridgehead atoms. The fourth-order valence-electron chi connectivity index (χ4n) is 3.27. The molecule has 1 N–H and O–H groups in total. The van der Waals surface area contributed by atoms with E-state index < -0.39 is 11.7 Å². The molecule has 1 spiro atoms. The maximum absolute atomic E-state index is 12.3. The minimum atomic E-state index is -0.514. The molecular formula is C14H22N4O3. The van der Waals surface area contributed by atoms with E-state index >= 15 is 0 Å². The number of ether oxygens (including phenoxy) is 1. The summed E-state index contributed by atoms with van der Waals surface area (Å²) in [4.78, 5) is 18.0. The van der Waals surface area contributed by atoms with Crippen molar-refractivity contribution in [3.8, 4) is 0 Å². The molecule has 2 atom stereocenters. The first-order valence-corrected chi connectivity index (χ1v) is 7.62. The van der Waals surface area contributed by atoms with Crippen molar-refractivity contribution in [3.63, 3.8) is 0 Å². The Morgan fingerprint density at radius 2 is 2.43 bits per heavy atom. The second-order valence-corrected chi connectivity index (χ2v) is 5.90. The molecule has 1 amide bonds. The first kappa shape index (κ1) is 14.5. The van der Waals surface area contributed by atoms with E-state index in [2.05, 4.69) is 10.1 Å². The number of carbonyl (C=O) groups is 1. The van der Waals surface area contributed by atoms with Gasteiger partial charge < -0.3 is 14.7 Å². The first-order valence-electron chi connectivity index (χ1n) is 7.62. The summed E-state index contributed by atoms with van der Waals surface area (Å²) in [5, 5.41) is 14.2. The molecule has 2 aliphatic rings. The number of amides is 1. The maximum Gasteiger partial charge on any atom is 0.222 e. The molecule has 3 rings (SSSR count). The predicted octanol–water partition coefficient (Wildman–Crippen LogP) is 0.201. The molecule has 2 saturated heterocycles. The van der Waals surface area contributed by atoms with Crippen molar-refractivity contribution in [2.75, 3.05) is 19.7 Å². The number of piperidine rings is 1. The van der Waals surface area contributed by atoms with Gasteiger partial charge in [0, 0.05) is 26.1 Å². The van der Waals surface area contributed by atoms with Crippen molar-refractivity contribution in [1.29, 1.82) is 0 Å². The maximum atomic E-state index is 12.3. The van der Waals surface area contributed by atoms with Gasteiger partial charge in [0.2, 0.25) is 5.91 Å². The monoisotopic (exact) mass is 294 g/mol. The highest BCUT2D eigenvalue weighted by atomic mass is 16.5. The van der Waals surface area contributed by atoms with Gasteiger partial charge in [-0.3, -0.25) is 9.48 Å². The van der Waals surface area contributed by atoms with Gasteiger partial charge in [0.25, 0.3) is 0 Å². The normalized spacial score (nSPS) is 29.2. The van der Waals surface area contributed by atoms with Gasteiger partial charge in [-0.1, -0.05) is 0 Å². The summed E-state index contributed by atoms with van der Waals surface area (Å²) in [6.07, 6.45) is 6.36. The number of nitrogens with zero attached hydrogens (tertiary/aromatic N) is 4. The van der Waals surface area contributed by atoms with Gasteiger partial charge in [-0.05, 0) is 25.7 Å². The van der Waals surface area contributed by atoms with Gasteiger partial charge in [-0.15, -0.1) is 0 Å². The van der Waals surface area contributed by atoms with E-state index in [1.165, 1.54) is 6.33 Å². The predicted molar refractivity (Wildman–Crippen MR) is 74.4 cm³/mol. The summed E-state index contributed by atoms with van der Waals surface area (Å²) in [7, 11) is 0. The number of hydrogen-bond acceptors (Lipinski definition) is 5. The number of hydrogen-bond donors (Lipinski definition) is 1. The van der Waals surface area contributed by atoms with Crippen LogP contribution < -0.4 is 0 Å². The molecule has 3 heterocycles. The molecule has 2 aliphatic heterocycles. The average molecular weight is 294 g/mol. The summed E-state index contributed by atoms with van der Waals surface area (Å²) in [5.74, 6) is 0.136. The Balaban J connectivity index is 1.50. The van der Waals surface area contributed by atoms with Crippen LogP contribution in [0.25, 0.3) is 0 Å². The zero-order chi connectivity index (χ0) is 14.7. The minimum absolute atomic E-state index is 0.136. The largest absolute Gasteiger partial charge is 0.390 e. The Morgan fingerprint density at radius 3 is 3.14 bits per heavy atom. The van der Waals surface area contributed by atoms with E-state index in [-0.39, 0.29) is 5.91 Å². The van der Waals surface area contributed by atoms with Crippen molar-refractivity contribution >= 4 is 5.91 Å². The highest BCUT2D eigenvalue weighted by molar-refractivity contribution is 5.76. The zero-order valence-corrected chi connectivity index (χ0v) is 12.1. The number of carbonyl (C=O) groups excluding carboxylic acids is 1. The lowest BCUT2D eigenvalue weighted by Gasteiger charge is -2.43. The summed E-state index contributed by atoms with van der Waals surface area (Å²) in [6, 6.07) is 0. The number of rotatable bonds is 4. The number of aromatic nitrogens is 3. The molecule has 1 aromatic rings. The third-order valence-corrected chi connectivity index (χ3v) is 4.47. The SMILES string of the molecule is O=C(CCCn1cncn1)N1CC[C@H](O)[C@]2(CCCO2)C1. The summed E-state index contributed by atoms with van der Waals surface area (Å²) in [6.45, 7) is 2.53. The lowest BCUT2D eigenvalue weighted by atomic mass is 9.87. The zero-order valence-electron chi connectivity index (χ0n) is 12.1. The van der Waals surface area contributed by atoms with Crippen LogP contribution in [-0.4, -0.2) is 62.1 Å². The molecule has 0 saturated carbocycles. The lowest BCUT2D eigenvalue weighted by Crippen LogP contribution is -2.57. The van der Waals surface area contributed by atoms with E-state index in [9.17, 15) is 9.90 Å². The van der Waals surface area contributed by atoms with Gasteiger partial charge >= 0.3 is 0 Å². The van der Waals surface area contributed by atoms with Crippen LogP contribution in [0.2, 0.25) is 0 Å². The van der Waals surface area contributed by atoms with Crippen molar-refractivity contribution in [1.82, 2.24) is 19.7 Å². The van der Waals surface area contributed by atoms with Crippen LogP contribution in [0.4, 0.5) is 0 Å². The Labute approximate surface area is 123 Å². The van der Waals surface area contributed by atoms with Crippen molar-refractivity contribution in [3.05, 3.63) is 12.7 Å². The lowest BCUT2D eigenvalue weighted by molar-refractivity contribution is -0.155. The molecule has 7 nitrogen and oxygen atoms in total. The molecule has 0 aliphatic carbocycles. The first-order chi connectivity index (χ1) is 10.2. The Bertz CT molecular complexity index is 471. The third-order valence-electron chi connectivity index (χ3n) is 4.47. The quantitative estimate of drug-likeness (QED) is 0.858. The van der Waals surface area contributed by atoms with Crippen LogP contribution in [0, 0.1) is 0 Å². The van der Waals surface area contributed by atoms with E-state index in [1.54, 1.807) is 11.0 Å². The number of aliphatic hydroxyl groups is 1.